The molecule has 0 aromatic carbocycles. The van der Waals surface area contributed by atoms with E-state index in [9.17, 15) is 31.1 Å². The van der Waals surface area contributed by atoms with E-state index < -0.39 is 41.6 Å². The van der Waals surface area contributed by atoms with E-state index in [-0.39, 0.29) is 12.8 Å². The van der Waals surface area contributed by atoms with E-state index in [2.05, 4.69) is 14.5 Å². The highest BCUT2D eigenvalue weighted by molar-refractivity contribution is 5.89. The third-order valence-corrected chi connectivity index (χ3v) is 1.93. The van der Waals surface area contributed by atoms with Gasteiger partial charge in [-0.1, -0.05) is 0 Å². The Hall–Kier alpha value is -2.00. The molecule has 4 nitrogen and oxygen atoms in total. The lowest BCUT2D eigenvalue weighted by molar-refractivity contribution is -0.276. The maximum absolute atomic E-state index is 13.2. The summed E-state index contributed by atoms with van der Waals surface area (Å²) < 4.78 is 82.5. The van der Waals surface area contributed by atoms with Gasteiger partial charge in [0.05, 0.1) is 18.4 Å². The van der Waals surface area contributed by atoms with Crippen molar-refractivity contribution in [1.82, 2.24) is 4.98 Å². The van der Waals surface area contributed by atoms with E-state index >= 15 is 0 Å². The molecule has 112 valence electrons. The SMILES string of the molecule is CCOC(=O)c1ncc(F)c(OC(F)(F)F)c1C(F)F. The summed E-state index contributed by atoms with van der Waals surface area (Å²) >= 11 is 0. The second-order valence-electron chi connectivity index (χ2n) is 3.27. The fraction of sp³-hybridized carbons (Fsp3) is 0.400. The van der Waals surface area contributed by atoms with Crippen LogP contribution in [0.1, 0.15) is 29.4 Å². The van der Waals surface area contributed by atoms with Crippen LogP contribution in [0.2, 0.25) is 0 Å². The van der Waals surface area contributed by atoms with Crippen LogP contribution in [0, 0.1) is 5.82 Å². The molecule has 0 saturated heterocycles. The van der Waals surface area contributed by atoms with Crippen LogP contribution in [0.5, 0.6) is 5.75 Å². The number of rotatable bonds is 4. The maximum atomic E-state index is 13.2. The molecule has 0 aliphatic carbocycles. The molecule has 0 unspecified atom stereocenters. The van der Waals surface area contributed by atoms with Crippen LogP contribution in [-0.2, 0) is 4.74 Å². The number of aromatic nitrogens is 1. The Morgan fingerprint density at radius 1 is 1.40 bits per heavy atom. The van der Waals surface area contributed by atoms with Crippen LogP contribution in [-0.4, -0.2) is 23.9 Å². The van der Waals surface area contributed by atoms with Crippen LogP contribution >= 0.6 is 0 Å². The number of ether oxygens (including phenoxy) is 2. The van der Waals surface area contributed by atoms with Gasteiger partial charge in [0.1, 0.15) is 0 Å². The predicted molar refractivity (Wildman–Crippen MR) is 51.8 cm³/mol. The van der Waals surface area contributed by atoms with Crippen molar-refractivity contribution in [3.8, 4) is 5.75 Å². The van der Waals surface area contributed by atoms with Crippen LogP contribution < -0.4 is 4.74 Å². The minimum Gasteiger partial charge on any atom is -0.461 e. The Morgan fingerprint density at radius 2 is 2.00 bits per heavy atom. The summed E-state index contributed by atoms with van der Waals surface area (Å²) in [6, 6.07) is 0. The Balaban J connectivity index is 3.41. The zero-order valence-electron chi connectivity index (χ0n) is 9.80. The minimum atomic E-state index is -5.40. The second-order valence-corrected chi connectivity index (χ2v) is 3.27. The molecule has 0 bridgehead atoms. The van der Waals surface area contributed by atoms with E-state index in [4.69, 9.17) is 0 Å². The summed E-state index contributed by atoms with van der Waals surface area (Å²) in [5, 5.41) is 0. The van der Waals surface area contributed by atoms with Crippen LogP contribution in [0.3, 0.4) is 0 Å². The van der Waals surface area contributed by atoms with Crippen molar-refractivity contribution in [3.63, 3.8) is 0 Å². The number of esters is 1. The number of halogens is 6. The molecule has 20 heavy (non-hydrogen) atoms. The van der Waals surface area contributed by atoms with Crippen molar-refractivity contribution in [3.05, 3.63) is 23.3 Å². The zero-order valence-corrected chi connectivity index (χ0v) is 9.80. The van der Waals surface area contributed by atoms with Crippen molar-refractivity contribution >= 4 is 5.97 Å². The molecular weight excluding hydrogens is 296 g/mol. The van der Waals surface area contributed by atoms with Gasteiger partial charge < -0.3 is 9.47 Å². The van der Waals surface area contributed by atoms with Gasteiger partial charge in [0.2, 0.25) is 0 Å². The molecule has 1 rings (SSSR count). The largest absolute Gasteiger partial charge is 0.573 e. The lowest BCUT2D eigenvalue weighted by Gasteiger charge is -2.15. The topological polar surface area (TPSA) is 48.4 Å². The lowest BCUT2D eigenvalue weighted by Crippen LogP contribution is -2.21. The van der Waals surface area contributed by atoms with E-state index in [0.29, 0.717) is 0 Å². The van der Waals surface area contributed by atoms with Crippen LogP contribution in [0.4, 0.5) is 26.3 Å². The number of pyridine rings is 1. The molecule has 0 spiro atoms. The third kappa shape index (κ3) is 3.75. The molecule has 0 fully saturated rings. The Labute approximate surface area is 108 Å². The van der Waals surface area contributed by atoms with E-state index in [1.54, 1.807) is 0 Å². The Morgan fingerprint density at radius 3 is 2.45 bits per heavy atom. The van der Waals surface area contributed by atoms with Gasteiger partial charge in [-0.15, -0.1) is 13.2 Å². The van der Waals surface area contributed by atoms with Crippen LogP contribution in [0.15, 0.2) is 6.20 Å². The van der Waals surface area contributed by atoms with Gasteiger partial charge in [-0.05, 0) is 6.92 Å². The van der Waals surface area contributed by atoms with Crippen molar-refractivity contribution < 1.29 is 40.6 Å². The highest BCUT2D eigenvalue weighted by atomic mass is 19.4. The molecule has 0 aliphatic rings. The highest BCUT2D eigenvalue weighted by Crippen LogP contribution is 2.36. The molecule has 1 aromatic rings. The molecule has 0 atom stereocenters. The molecular formula is C10H7F6NO3. The van der Waals surface area contributed by atoms with Crippen LogP contribution in [0.25, 0.3) is 0 Å². The predicted octanol–water partition coefficient (Wildman–Crippen LogP) is 3.23. The fourth-order valence-corrected chi connectivity index (χ4v) is 1.27. The Kier molecular flexibility index (Phi) is 4.79. The molecule has 1 heterocycles. The third-order valence-electron chi connectivity index (χ3n) is 1.93. The average molecular weight is 303 g/mol. The average Bonchev–Trinajstić information content (AvgIpc) is 2.29. The quantitative estimate of drug-likeness (QED) is 0.633. The fourth-order valence-electron chi connectivity index (χ4n) is 1.27. The number of hydrogen-bond acceptors (Lipinski definition) is 4. The summed E-state index contributed by atoms with van der Waals surface area (Å²) in [5.74, 6) is -4.98. The number of nitrogens with zero attached hydrogens (tertiary/aromatic N) is 1. The van der Waals surface area contributed by atoms with Crippen molar-refractivity contribution in [2.24, 2.45) is 0 Å². The normalized spacial score (nSPS) is 11.6. The van der Waals surface area contributed by atoms with Crippen molar-refractivity contribution in [2.75, 3.05) is 6.61 Å². The van der Waals surface area contributed by atoms with Crippen molar-refractivity contribution in [2.45, 2.75) is 19.7 Å². The number of hydrogen-bond donors (Lipinski definition) is 0. The molecule has 0 N–H and O–H groups in total. The monoisotopic (exact) mass is 303 g/mol. The van der Waals surface area contributed by atoms with Gasteiger partial charge in [-0.25, -0.2) is 22.9 Å². The number of carbonyl (C=O) groups is 1. The highest BCUT2D eigenvalue weighted by Gasteiger charge is 2.37. The molecule has 0 amide bonds. The summed E-state index contributed by atoms with van der Waals surface area (Å²) in [6.07, 6.45) is -8.85. The first-order chi connectivity index (χ1) is 9.17. The zero-order chi connectivity index (χ0) is 15.5. The molecule has 0 saturated carbocycles. The van der Waals surface area contributed by atoms with Crippen molar-refractivity contribution in [1.29, 1.82) is 0 Å². The standard InChI is InChI=1S/C10H7F6NO3/c1-2-19-9(18)6-5(8(12)13)7(4(11)3-17-6)20-10(14,15)16/h3,8H,2H2,1H3. The summed E-state index contributed by atoms with van der Waals surface area (Å²) in [4.78, 5) is 14.4. The molecule has 10 heteroatoms. The molecule has 1 aromatic heterocycles. The molecule has 0 aliphatic heterocycles. The van der Waals surface area contributed by atoms with Gasteiger partial charge >= 0.3 is 12.3 Å². The molecule has 0 radical (unpaired) electrons. The van der Waals surface area contributed by atoms with Gasteiger partial charge in [0.15, 0.2) is 17.3 Å². The first-order valence-corrected chi connectivity index (χ1v) is 5.06. The number of carbonyl (C=O) groups excluding carboxylic acids is 1. The summed E-state index contributed by atoms with van der Waals surface area (Å²) in [7, 11) is 0. The van der Waals surface area contributed by atoms with E-state index in [0.717, 1.165) is 0 Å². The first kappa shape index (κ1) is 16.1. The first-order valence-electron chi connectivity index (χ1n) is 5.06. The smallest absolute Gasteiger partial charge is 0.461 e. The van der Waals surface area contributed by atoms with Gasteiger partial charge in [-0.3, -0.25) is 0 Å². The lowest BCUT2D eigenvalue weighted by atomic mass is 10.1. The second kappa shape index (κ2) is 5.97. The summed E-state index contributed by atoms with van der Waals surface area (Å²) in [6.45, 7) is 1.12. The minimum absolute atomic E-state index is 0.166. The Bertz CT molecular complexity index is 503. The van der Waals surface area contributed by atoms with Gasteiger partial charge in [0, 0.05) is 0 Å². The van der Waals surface area contributed by atoms with Gasteiger partial charge in [0.25, 0.3) is 6.43 Å². The van der Waals surface area contributed by atoms with Gasteiger partial charge in [-0.2, -0.15) is 0 Å². The van der Waals surface area contributed by atoms with E-state index in [1.807, 2.05) is 0 Å². The number of alkyl halides is 5. The summed E-state index contributed by atoms with van der Waals surface area (Å²) in [5.41, 5.74) is -2.75. The van der Waals surface area contributed by atoms with E-state index in [1.165, 1.54) is 6.92 Å². The maximum Gasteiger partial charge on any atom is 0.573 e.